The second-order valence-corrected chi connectivity index (χ2v) is 8.86. The van der Waals surface area contributed by atoms with Crippen molar-refractivity contribution in [1.82, 2.24) is 15.0 Å². The predicted octanol–water partition coefficient (Wildman–Crippen LogP) is 4.16. The first-order chi connectivity index (χ1) is 14.9. The van der Waals surface area contributed by atoms with E-state index in [0.29, 0.717) is 32.4 Å². The zero-order chi connectivity index (χ0) is 22.0. The van der Waals surface area contributed by atoms with Gasteiger partial charge in [0.1, 0.15) is 22.3 Å². The summed E-state index contributed by atoms with van der Waals surface area (Å²) in [6.07, 6.45) is 2.73. The van der Waals surface area contributed by atoms with Crippen LogP contribution in [-0.4, -0.2) is 45.2 Å². The normalized spacial score (nSPS) is 14.5. The van der Waals surface area contributed by atoms with Gasteiger partial charge in [0.25, 0.3) is 5.91 Å². The Morgan fingerprint density at radius 1 is 1.26 bits per heavy atom. The maximum absolute atomic E-state index is 12.6. The number of halogens is 1. The number of anilines is 4. The summed E-state index contributed by atoms with van der Waals surface area (Å²) in [5.74, 6) is 1.78. The maximum Gasteiger partial charge on any atom is 0.267 e. The summed E-state index contributed by atoms with van der Waals surface area (Å²) < 4.78 is 0. The fraction of sp³-hybridized carbons (Fsp3) is 0.333. The van der Waals surface area contributed by atoms with E-state index in [2.05, 4.69) is 30.5 Å². The van der Waals surface area contributed by atoms with E-state index in [9.17, 15) is 9.90 Å². The first-order valence-electron chi connectivity index (χ1n) is 9.97. The third kappa shape index (κ3) is 5.12. The molecule has 0 aliphatic carbocycles. The van der Waals surface area contributed by atoms with Gasteiger partial charge in [0, 0.05) is 19.2 Å². The minimum absolute atomic E-state index is 0.244. The van der Waals surface area contributed by atoms with Crippen LogP contribution in [0.15, 0.2) is 30.5 Å². The average Bonchev–Trinajstić information content (AvgIpc) is 3.19. The number of nitrogens with zero attached hydrogens (tertiary/aromatic N) is 4. The van der Waals surface area contributed by atoms with Gasteiger partial charge in [-0.25, -0.2) is 15.0 Å². The number of hydrogen-bond donors (Lipinski definition) is 3. The van der Waals surface area contributed by atoms with E-state index in [1.54, 1.807) is 6.07 Å². The van der Waals surface area contributed by atoms with Crippen LogP contribution in [0, 0.1) is 13.8 Å². The molecule has 0 saturated carbocycles. The first-order valence-corrected chi connectivity index (χ1v) is 11.2. The highest BCUT2D eigenvalue weighted by atomic mass is 35.5. The van der Waals surface area contributed by atoms with Crippen LogP contribution in [0.5, 0.6) is 0 Å². The Kier molecular flexibility index (Phi) is 6.35. The molecule has 0 bridgehead atoms. The van der Waals surface area contributed by atoms with Crippen molar-refractivity contribution in [3.8, 4) is 0 Å². The number of nitrogens with one attached hydrogen (secondary N) is 2. The van der Waals surface area contributed by atoms with Crippen molar-refractivity contribution in [1.29, 1.82) is 0 Å². The molecule has 4 rings (SSSR count). The molecule has 1 aromatic carbocycles. The molecule has 31 heavy (non-hydrogen) atoms. The third-order valence-electron chi connectivity index (χ3n) is 5.04. The molecule has 162 valence electrons. The lowest BCUT2D eigenvalue weighted by Crippen LogP contribution is -2.36. The van der Waals surface area contributed by atoms with Crippen LogP contribution in [0.4, 0.5) is 22.5 Å². The number of hydrogen-bond acceptors (Lipinski definition) is 8. The van der Waals surface area contributed by atoms with Crippen molar-refractivity contribution in [2.45, 2.75) is 32.8 Å². The summed E-state index contributed by atoms with van der Waals surface area (Å²) in [4.78, 5) is 28.5. The molecule has 3 aromatic rings. The van der Waals surface area contributed by atoms with Gasteiger partial charge in [0.2, 0.25) is 0 Å². The van der Waals surface area contributed by atoms with Gasteiger partial charge >= 0.3 is 0 Å². The summed E-state index contributed by atoms with van der Waals surface area (Å²) in [5.41, 5.74) is 1.48. The van der Waals surface area contributed by atoms with Crippen molar-refractivity contribution in [3.63, 3.8) is 0 Å². The molecule has 3 heterocycles. The Morgan fingerprint density at radius 2 is 2.03 bits per heavy atom. The number of carbonyl (C=O) groups excluding carboxylic acids is 1. The lowest BCUT2D eigenvalue weighted by molar-refractivity contribution is 0.103. The van der Waals surface area contributed by atoms with Crippen LogP contribution in [-0.2, 0) is 0 Å². The standard InChI is InChI=1S/C21H23ClN6O2S/c1-12-4-3-5-15(22)19(12)27-20(30)16-11-23-21(31-16)26-17-10-18(25-13(2)24-17)28-8-6-14(29)7-9-28/h3-5,10-11,14,29H,6-9H2,1-2H3,(H,27,30)(H,23,24,25,26). The Balaban J connectivity index is 1.47. The van der Waals surface area contributed by atoms with Crippen LogP contribution in [0.2, 0.25) is 5.02 Å². The zero-order valence-electron chi connectivity index (χ0n) is 17.2. The monoisotopic (exact) mass is 458 g/mol. The minimum atomic E-state index is -0.270. The van der Waals surface area contributed by atoms with E-state index in [1.807, 2.05) is 32.0 Å². The van der Waals surface area contributed by atoms with Gasteiger partial charge in [-0.3, -0.25) is 4.79 Å². The van der Waals surface area contributed by atoms with Crippen LogP contribution >= 0.6 is 22.9 Å². The summed E-state index contributed by atoms with van der Waals surface area (Å²) in [5, 5.41) is 16.8. The number of para-hydroxylation sites is 1. The molecule has 0 unspecified atom stereocenters. The molecule has 0 atom stereocenters. The number of piperidine rings is 1. The highest BCUT2D eigenvalue weighted by molar-refractivity contribution is 7.17. The Labute approximate surface area is 189 Å². The topological polar surface area (TPSA) is 103 Å². The number of aliphatic hydroxyl groups excluding tert-OH is 1. The Hall–Kier alpha value is -2.75. The SMILES string of the molecule is Cc1nc(Nc2ncc(C(=O)Nc3c(C)cccc3Cl)s2)cc(N2CCC(O)CC2)n1. The smallest absolute Gasteiger partial charge is 0.267 e. The van der Waals surface area contributed by atoms with Crippen molar-refractivity contribution in [2.24, 2.45) is 0 Å². The molecule has 1 fully saturated rings. The number of aliphatic hydroxyl groups is 1. The summed E-state index contributed by atoms with van der Waals surface area (Å²) in [6.45, 7) is 5.22. The number of carbonyl (C=O) groups is 1. The van der Waals surface area contributed by atoms with Gasteiger partial charge in [0.05, 0.1) is 23.0 Å². The second kappa shape index (κ2) is 9.17. The van der Waals surface area contributed by atoms with Gasteiger partial charge in [0.15, 0.2) is 5.13 Å². The molecule has 8 nitrogen and oxygen atoms in total. The minimum Gasteiger partial charge on any atom is -0.393 e. The molecule has 3 N–H and O–H groups in total. The van der Waals surface area contributed by atoms with E-state index in [0.717, 1.165) is 37.3 Å². The molecule has 0 spiro atoms. The van der Waals surface area contributed by atoms with E-state index in [4.69, 9.17) is 11.6 Å². The fourth-order valence-electron chi connectivity index (χ4n) is 3.38. The van der Waals surface area contributed by atoms with Crippen LogP contribution < -0.4 is 15.5 Å². The van der Waals surface area contributed by atoms with Gasteiger partial charge < -0.3 is 20.6 Å². The Morgan fingerprint density at radius 3 is 2.77 bits per heavy atom. The fourth-order valence-corrected chi connectivity index (χ4v) is 4.37. The van der Waals surface area contributed by atoms with E-state index >= 15 is 0 Å². The highest BCUT2D eigenvalue weighted by Crippen LogP contribution is 2.28. The molecule has 1 saturated heterocycles. The molecular weight excluding hydrogens is 436 g/mol. The summed E-state index contributed by atoms with van der Waals surface area (Å²) >= 11 is 7.43. The van der Waals surface area contributed by atoms with E-state index in [-0.39, 0.29) is 12.0 Å². The Bertz CT molecular complexity index is 1080. The van der Waals surface area contributed by atoms with Crippen LogP contribution in [0.1, 0.15) is 33.9 Å². The maximum atomic E-state index is 12.6. The van der Waals surface area contributed by atoms with E-state index < -0.39 is 0 Å². The molecule has 1 amide bonds. The second-order valence-electron chi connectivity index (χ2n) is 7.42. The molecule has 10 heteroatoms. The van der Waals surface area contributed by atoms with Gasteiger partial charge in [-0.15, -0.1) is 0 Å². The molecule has 1 aliphatic rings. The molecule has 1 aliphatic heterocycles. The number of rotatable bonds is 5. The number of aryl methyl sites for hydroxylation is 2. The third-order valence-corrected chi connectivity index (χ3v) is 6.26. The lowest BCUT2D eigenvalue weighted by atomic mass is 10.1. The largest absolute Gasteiger partial charge is 0.393 e. The van der Waals surface area contributed by atoms with Crippen molar-refractivity contribution >= 4 is 51.3 Å². The number of thiazole rings is 1. The first kappa shape index (κ1) is 21.5. The number of amides is 1. The highest BCUT2D eigenvalue weighted by Gasteiger charge is 2.19. The molecular formula is C21H23ClN6O2S. The van der Waals surface area contributed by atoms with E-state index in [1.165, 1.54) is 17.5 Å². The number of aromatic nitrogens is 3. The van der Waals surface area contributed by atoms with Crippen LogP contribution in [0.25, 0.3) is 0 Å². The van der Waals surface area contributed by atoms with Gasteiger partial charge in [-0.2, -0.15) is 0 Å². The van der Waals surface area contributed by atoms with Crippen molar-refractivity contribution in [2.75, 3.05) is 28.6 Å². The lowest BCUT2D eigenvalue weighted by Gasteiger charge is -2.30. The van der Waals surface area contributed by atoms with Crippen LogP contribution in [0.3, 0.4) is 0 Å². The average molecular weight is 459 g/mol. The van der Waals surface area contributed by atoms with Gasteiger partial charge in [-0.05, 0) is 38.3 Å². The number of benzene rings is 1. The van der Waals surface area contributed by atoms with Gasteiger partial charge in [-0.1, -0.05) is 35.1 Å². The quantitative estimate of drug-likeness (QED) is 0.527. The molecule has 0 radical (unpaired) electrons. The zero-order valence-corrected chi connectivity index (χ0v) is 18.8. The predicted molar refractivity (Wildman–Crippen MR) is 124 cm³/mol. The molecule has 2 aromatic heterocycles. The summed E-state index contributed by atoms with van der Waals surface area (Å²) in [6, 6.07) is 7.33. The summed E-state index contributed by atoms with van der Waals surface area (Å²) in [7, 11) is 0. The van der Waals surface area contributed by atoms with Crippen molar-refractivity contribution in [3.05, 3.63) is 51.7 Å². The van der Waals surface area contributed by atoms with Crippen molar-refractivity contribution < 1.29 is 9.90 Å².